The van der Waals surface area contributed by atoms with Crippen molar-refractivity contribution in [2.24, 2.45) is 5.41 Å². The highest BCUT2D eigenvalue weighted by molar-refractivity contribution is 9.10. The number of nitrogens with one attached hydrogen (secondary N) is 1. The van der Waals surface area contributed by atoms with Crippen molar-refractivity contribution in [1.82, 2.24) is 5.32 Å². The summed E-state index contributed by atoms with van der Waals surface area (Å²) in [5.74, 6) is 0. The fourth-order valence-corrected chi connectivity index (χ4v) is 2.60. The molecule has 1 aromatic rings. The number of nitro benzene ring substituents is 1. The van der Waals surface area contributed by atoms with Crippen molar-refractivity contribution in [2.75, 3.05) is 13.2 Å². The lowest BCUT2D eigenvalue weighted by atomic mass is 10.0. The maximum atomic E-state index is 11.0. The first-order chi connectivity index (χ1) is 9.06. The van der Waals surface area contributed by atoms with Gasteiger partial charge in [-0.05, 0) is 36.8 Å². The molecule has 0 saturated heterocycles. The van der Waals surface area contributed by atoms with Crippen LogP contribution in [-0.4, -0.2) is 23.2 Å². The molecule has 0 aromatic heterocycles. The van der Waals surface area contributed by atoms with Gasteiger partial charge in [0.05, 0.1) is 4.92 Å². The second-order valence-electron chi connectivity index (χ2n) is 5.11. The second-order valence-corrected chi connectivity index (χ2v) is 6.02. The zero-order chi connectivity index (χ0) is 13.9. The average Bonchev–Trinajstić information content (AvgIpc) is 3.11. The van der Waals surface area contributed by atoms with Gasteiger partial charge in [0, 0.05) is 35.8 Å². The lowest BCUT2D eigenvalue weighted by Gasteiger charge is -2.14. The molecule has 2 N–H and O–H groups in total. The topological polar surface area (TPSA) is 75.4 Å². The van der Waals surface area contributed by atoms with Crippen LogP contribution in [0.5, 0.6) is 0 Å². The van der Waals surface area contributed by atoms with Crippen LogP contribution in [0.3, 0.4) is 0 Å². The summed E-state index contributed by atoms with van der Waals surface area (Å²) in [6, 6.07) is 5.10. The number of nitrogens with zero attached hydrogens (tertiary/aromatic N) is 1. The lowest BCUT2D eigenvalue weighted by Crippen LogP contribution is -2.24. The fourth-order valence-electron chi connectivity index (χ4n) is 2.25. The molecule has 104 valence electrons. The van der Waals surface area contributed by atoms with Crippen LogP contribution in [0.1, 0.15) is 24.8 Å². The van der Waals surface area contributed by atoms with Crippen LogP contribution in [0.4, 0.5) is 5.69 Å². The molecule has 6 heteroatoms. The van der Waals surface area contributed by atoms with Crippen LogP contribution in [-0.2, 0) is 6.54 Å². The van der Waals surface area contributed by atoms with Gasteiger partial charge in [0.1, 0.15) is 0 Å². The van der Waals surface area contributed by atoms with E-state index in [0.717, 1.165) is 25.8 Å². The second kappa shape index (κ2) is 5.98. The van der Waals surface area contributed by atoms with Crippen LogP contribution in [0, 0.1) is 15.5 Å². The Morgan fingerprint density at radius 3 is 2.79 bits per heavy atom. The van der Waals surface area contributed by atoms with Crippen molar-refractivity contribution < 1.29 is 10.0 Å². The summed E-state index contributed by atoms with van der Waals surface area (Å²) in [7, 11) is 0. The zero-order valence-corrected chi connectivity index (χ0v) is 12.1. The highest BCUT2D eigenvalue weighted by Crippen LogP contribution is 2.47. The Labute approximate surface area is 120 Å². The van der Waals surface area contributed by atoms with Crippen molar-refractivity contribution >= 4 is 21.6 Å². The van der Waals surface area contributed by atoms with Gasteiger partial charge < -0.3 is 10.4 Å². The van der Waals surface area contributed by atoms with E-state index in [9.17, 15) is 10.1 Å². The molecular weight excluding hydrogens is 312 g/mol. The number of aliphatic hydroxyl groups excluding tert-OH is 1. The molecule has 0 unspecified atom stereocenters. The van der Waals surface area contributed by atoms with Crippen molar-refractivity contribution in [1.29, 1.82) is 0 Å². The summed E-state index contributed by atoms with van der Waals surface area (Å²) >= 11 is 3.24. The molecule has 1 aliphatic carbocycles. The first-order valence-corrected chi connectivity index (χ1v) is 7.10. The van der Waals surface area contributed by atoms with Gasteiger partial charge in [-0.25, -0.2) is 0 Å². The molecule has 1 fully saturated rings. The van der Waals surface area contributed by atoms with Gasteiger partial charge in [-0.15, -0.1) is 0 Å². The maximum Gasteiger partial charge on any atom is 0.275 e. The van der Waals surface area contributed by atoms with Gasteiger partial charge in [-0.2, -0.15) is 0 Å². The molecule has 0 bridgehead atoms. The molecule has 0 aliphatic heterocycles. The molecule has 1 saturated carbocycles. The number of hydrogen-bond donors (Lipinski definition) is 2. The van der Waals surface area contributed by atoms with Crippen LogP contribution in [0.15, 0.2) is 22.7 Å². The number of aliphatic hydroxyl groups is 1. The Bertz CT molecular complexity index is 475. The molecule has 0 radical (unpaired) electrons. The maximum absolute atomic E-state index is 11.0. The summed E-state index contributed by atoms with van der Waals surface area (Å²) in [6.07, 6.45) is 3.06. The Morgan fingerprint density at radius 1 is 1.47 bits per heavy atom. The van der Waals surface area contributed by atoms with Crippen molar-refractivity contribution in [3.05, 3.63) is 38.3 Å². The number of benzene rings is 1. The minimum atomic E-state index is -0.359. The minimum absolute atomic E-state index is 0.133. The Morgan fingerprint density at radius 2 is 2.21 bits per heavy atom. The molecule has 19 heavy (non-hydrogen) atoms. The van der Waals surface area contributed by atoms with E-state index in [0.29, 0.717) is 16.6 Å². The predicted molar refractivity (Wildman–Crippen MR) is 75.9 cm³/mol. The quantitative estimate of drug-likeness (QED) is 0.596. The zero-order valence-electron chi connectivity index (χ0n) is 10.6. The fraction of sp³-hybridized carbons (Fsp3) is 0.538. The van der Waals surface area contributed by atoms with E-state index >= 15 is 0 Å². The normalized spacial score (nSPS) is 16.3. The summed E-state index contributed by atoms with van der Waals surface area (Å²) in [5, 5.41) is 23.2. The van der Waals surface area contributed by atoms with Gasteiger partial charge in [0.2, 0.25) is 0 Å². The minimum Gasteiger partial charge on any atom is -0.396 e. The van der Waals surface area contributed by atoms with Gasteiger partial charge in [0.25, 0.3) is 5.69 Å². The number of rotatable bonds is 7. The highest BCUT2D eigenvalue weighted by Gasteiger charge is 2.41. The smallest absolute Gasteiger partial charge is 0.275 e. The van der Waals surface area contributed by atoms with E-state index < -0.39 is 0 Å². The first-order valence-electron chi connectivity index (χ1n) is 6.31. The van der Waals surface area contributed by atoms with E-state index in [1.54, 1.807) is 6.07 Å². The molecule has 2 rings (SSSR count). The molecule has 0 atom stereocenters. The first kappa shape index (κ1) is 14.4. The molecule has 0 spiro atoms. The Balaban J connectivity index is 1.94. The molecule has 0 amide bonds. The molecule has 1 aromatic carbocycles. The Kier molecular flexibility index (Phi) is 4.54. The van der Waals surface area contributed by atoms with Crippen LogP contribution >= 0.6 is 15.9 Å². The Hall–Kier alpha value is -0.980. The lowest BCUT2D eigenvalue weighted by molar-refractivity contribution is -0.385. The van der Waals surface area contributed by atoms with Crippen molar-refractivity contribution in [3.8, 4) is 0 Å². The number of nitro groups is 1. The van der Waals surface area contributed by atoms with E-state index in [1.165, 1.54) is 6.07 Å². The third kappa shape index (κ3) is 3.75. The highest BCUT2D eigenvalue weighted by atomic mass is 79.9. The molecular formula is C13H17BrN2O3. The van der Waals surface area contributed by atoms with E-state index in [-0.39, 0.29) is 22.6 Å². The standard InChI is InChI=1S/C13H17BrN2O3/c14-11-2-1-10(12(7-11)16(18)19)8-15-9-13(3-4-13)5-6-17/h1-2,7,15,17H,3-6,8-9H2. The van der Waals surface area contributed by atoms with Crippen LogP contribution in [0.2, 0.25) is 0 Å². The van der Waals surface area contributed by atoms with E-state index in [1.807, 2.05) is 6.07 Å². The summed E-state index contributed by atoms with van der Waals surface area (Å²) in [6.45, 7) is 1.50. The van der Waals surface area contributed by atoms with Crippen LogP contribution < -0.4 is 5.32 Å². The van der Waals surface area contributed by atoms with Gasteiger partial charge in [-0.1, -0.05) is 15.9 Å². The molecule has 0 heterocycles. The number of hydrogen-bond acceptors (Lipinski definition) is 4. The van der Waals surface area contributed by atoms with Gasteiger partial charge >= 0.3 is 0 Å². The monoisotopic (exact) mass is 328 g/mol. The molecule has 1 aliphatic rings. The molecule has 5 nitrogen and oxygen atoms in total. The van der Waals surface area contributed by atoms with Crippen LogP contribution in [0.25, 0.3) is 0 Å². The summed E-state index contributed by atoms with van der Waals surface area (Å²) in [5.41, 5.74) is 1.04. The number of halogens is 1. The third-order valence-electron chi connectivity index (χ3n) is 3.66. The predicted octanol–water partition coefficient (Wildman–Crippen LogP) is 2.61. The summed E-state index contributed by atoms with van der Waals surface area (Å²) in [4.78, 5) is 10.6. The average molecular weight is 329 g/mol. The van der Waals surface area contributed by atoms with E-state index in [2.05, 4.69) is 21.2 Å². The van der Waals surface area contributed by atoms with Crippen molar-refractivity contribution in [2.45, 2.75) is 25.8 Å². The SMILES string of the molecule is O=[N+]([O-])c1cc(Br)ccc1CNCC1(CCO)CC1. The van der Waals surface area contributed by atoms with E-state index in [4.69, 9.17) is 5.11 Å². The van der Waals surface area contributed by atoms with Crippen molar-refractivity contribution in [3.63, 3.8) is 0 Å². The van der Waals surface area contributed by atoms with Gasteiger partial charge in [-0.3, -0.25) is 10.1 Å². The third-order valence-corrected chi connectivity index (χ3v) is 4.15. The summed E-state index contributed by atoms with van der Waals surface area (Å²) < 4.78 is 0.710. The van der Waals surface area contributed by atoms with Gasteiger partial charge in [0.15, 0.2) is 0 Å². The largest absolute Gasteiger partial charge is 0.396 e.